The average molecular weight is 478 g/mol. The number of halogens is 3. The molecule has 0 aliphatic rings. The van der Waals surface area contributed by atoms with Gasteiger partial charge in [0.05, 0.1) is 23.3 Å². The van der Waals surface area contributed by atoms with Gasteiger partial charge < -0.3 is 10.1 Å². The SMILES string of the molecule is COc1cccc(N(CC(=O)Nc2cccc(C(F)(F)F)c2)S(=O)(=O)c2ccc(C)cc2)c1. The zero-order chi connectivity index (χ0) is 24.2. The van der Waals surface area contributed by atoms with Crippen molar-refractivity contribution in [3.05, 3.63) is 83.9 Å². The highest BCUT2D eigenvalue weighted by atomic mass is 32.2. The van der Waals surface area contributed by atoms with Gasteiger partial charge in [0, 0.05) is 11.8 Å². The van der Waals surface area contributed by atoms with Crippen molar-refractivity contribution in [3.8, 4) is 5.75 Å². The number of methoxy groups -OCH3 is 1. The molecule has 0 aliphatic carbocycles. The molecular formula is C23H21F3N2O4S. The number of carbonyl (C=O) groups excluding carboxylic acids is 1. The summed E-state index contributed by atoms with van der Waals surface area (Å²) in [5.74, 6) is -0.442. The molecule has 0 aliphatic heterocycles. The molecule has 3 aromatic rings. The van der Waals surface area contributed by atoms with E-state index in [0.29, 0.717) is 5.75 Å². The molecule has 3 rings (SSSR count). The van der Waals surface area contributed by atoms with Crippen molar-refractivity contribution >= 4 is 27.3 Å². The molecular weight excluding hydrogens is 457 g/mol. The van der Waals surface area contributed by atoms with Crippen LogP contribution in [0.4, 0.5) is 24.5 Å². The first-order valence-electron chi connectivity index (χ1n) is 9.71. The number of sulfonamides is 1. The minimum Gasteiger partial charge on any atom is -0.497 e. The van der Waals surface area contributed by atoms with E-state index in [-0.39, 0.29) is 16.3 Å². The van der Waals surface area contributed by atoms with E-state index in [2.05, 4.69) is 5.32 Å². The molecule has 0 fully saturated rings. The number of carbonyl (C=O) groups is 1. The normalized spacial score (nSPS) is 11.7. The monoisotopic (exact) mass is 478 g/mol. The Bertz CT molecular complexity index is 1240. The number of nitrogens with zero attached hydrogens (tertiary/aromatic N) is 1. The summed E-state index contributed by atoms with van der Waals surface area (Å²) in [5.41, 5.74) is -0.0244. The van der Waals surface area contributed by atoms with Gasteiger partial charge in [-0.1, -0.05) is 29.8 Å². The maximum atomic E-state index is 13.4. The van der Waals surface area contributed by atoms with Gasteiger partial charge in [-0.15, -0.1) is 0 Å². The molecule has 10 heteroatoms. The van der Waals surface area contributed by atoms with E-state index in [4.69, 9.17) is 4.74 Å². The lowest BCUT2D eigenvalue weighted by atomic mass is 10.2. The third-order valence-electron chi connectivity index (χ3n) is 4.71. The minimum absolute atomic E-state index is 0.0391. The van der Waals surface area contributed by atoms with Gasteiger partial charge in [0.25, 0.3) is 10.0 Å². The molecule has 0 unspecified atom stereocenters. The first-order chi connectivity index (χ1) is 15.5. The van der Waals surface area contributed by atoms with Crippen LogP contribution in [0.5, 0.6) is 5.75 Å². The van der Waals surface area contributed by atoms with Crippen molar-refractivity contribution in [2.45, 2.75) is 18.0 Å². The molecule has 1 amide bonds. The molecule has 0 saturated heterocycles. The van der Waals surface area contributed by atoms with Crippen molar-refractivity contribution in [2.24, 2.45) is 0 Å². The fraction of sp³-hybridized carbons (Fsp3) is 0.174. The summed E-state index contributed by atoms with van der Waals surface area (Å²) < 4.78 is 71.7. The lowest BCUT2D eigenvalue weighted by Gasteiger charge is -2.24. The standard InChI is InChI=1S/C23H21F3N2O4S/c1-16-9-11-21(12-10-16)33(30,31)28(19-7-4-8-20(14-19)32-2)15-22(29)27-18-6-3-5-17(13-18)23(24,25)26/h3-14H,15H2,1-2H3,(H,27,29). The number of alkyl halides is 3. The zero-order valence-electron chi connectivity index (χ0n) is 17.8. The van der Waals surface area contributed by atoms with Crippen molar-refractivity contribution in [3.63, 3.8) is 0 Å². The highest BCUT2D eigenvalue weighted by Crippen LogP contribution is 2.31. The van der Waals surface area contributed by atoms with Crippen LogP contribution in [-0.4, -0.2) is 28.0 Å². The number of nitrogens with one attached hydrogen (secondary N) is 1. The Balaban J connectivity index is 1.95. The van der Waals surface area contributed by atoms with Gasteiger partial charge >= 0.3 is 6.18 Å². The number of anilines is 2. The summed E-state index contributed by atoms with van der Waals surface area (Å²) in [5, 5.41) is 2.34. The van der Waals surface area contributed by atoms with Gasteiger partial charge in [0.2, 0.25) is 5.91 Å². The maximum absolute atomic E-state index is 13.4. The van der Waals surface area contributed by atoms with Gasteiger partial charge in [0.15, 0.2) is 0 Å². The van der Waals surface area contributed by atoms with E-state index in [0.717, 1.165) is 28.1 Å². The lowest BCUT2D eigenvalue weighted by Crippen LogP contribution is -2.38. The Morgan fingerprint density at radius 2 is 1.67 bits per heavy atom. The first kappa shape index (κ1) is 24.1. The Kier molecular flexibility index (Phi) is 6.97. The molecule has 174 valence electrons. The third-order valence-corrected chi connectivity index (χ3v) is 6.50. The van der Waals surface area contributed by atoms with Crippen molar-refractivity contribution in [1.82, 2.24) is 0 Å². The summed E-state index contributed by atoms with van der Waals surface area (Å²) in [7, 11) is -2.76. The van der Waals surface area contributed by atoms with Gasteiger partial charge in [0.1, 0.15) is 12.3 Å². The predicted molar refractivity (Wildman–Crippen MR) is 119 cm³/mol. The lowest BCUT2D eigenvalue weighted by molar-refractivity contribution is -0.137. The van der Waals surface area contributed by atoms with Crippen LogP contribution in [0.25, 0.3) is 0 Å². The molecule has 0 spiro atoms. The third kappa shape index (κ3) is 5.83. The number of hydrogen-bond acceptors (Lipinski definition) is 4. The minimum atomic E-state index is -4.58. The van der Waals surface area contributed by atoms with Crippen LogP contribution in [-0.2, 0) is 21.0 Å². The topological polar surface area (TPSA) is 75.7 Å². The Morgan fingerprint density at radius 3 is 2.30 bits per heavy atom. The van der Waals surface area contributed by atoms with Gasteiger partial charge in [-0.3, -0.25) is 9.10 Å². The largest absolute Gasteiger partial charge is 0.497 e. The molecule has 0 bridgehead atoms. The van der Waals surface area contributed by atoms with Crippen LogP contribution in [0.3, 0.4) is 0 Å². The van der Waals surface area contributed by atoms with Crippen LogP contribution in [0.1, 0.15) is 11.1 Å². The second kappa shape index (κ2) is 9.53. The van der Waals surface area contributed by atoms with Crippen molar-refractivity contribution in [1.29, 1.82) is 0 Å². The van der Waals surface area contributed by atoms with Crippen LogP contribution >= 0.6 is 0 Å². The Hall–Kier alpha value is -3.53. The summed E-state index contributed by atoms with van der Waals surface area (Å²) in [6, 6.07) is 16.3. The second-order valence-corrected chi connectivity index (χ2v) is 9.02. The highest BCUT2D eigenvalue weighted by Gasteiger charge is 2.31. The van der Waals surface area contributed by atoms with Crippen LogP contribution < -0.4 is 14.4 Å². The molecule has 0 aromatic heterocycles. The van der Waals surface area contributed by atoms with Crippen LogP contribution in [0.2, 0.25) is 0 Å². The molecule has 33 heavy (non-hydrogen) atoms. The maximum Gasteiger partial charge on any atom is 0.416 e. The number of amides is 1. The van der Waals surface area contributed by atoms with E-state index < -0.39 is 34.2 Å². The zero-order valence-corrected chi connectivity index (χ0v) is 18.6. The number of ether oxygens (including phenoxy) is 1. The van der Waals surface area contributed by atoms with E-state index in [1.807, 2.05) is 0 Å². The first-order valence-corrected chi connectivity index (χ1v) is 11.2. The van der Waals surface area contributed by atoms with Crippen LogP contribution in [0.15, 0.2) is 77.7 Å². The average Bonchev–Trinajstić information content (AvgIpc) is 2.77. The number of aryl methyl sites for hydroxylation is 1. The van der Waals surface area contributed by atoms with Crippen molar-refractivity contribution in [2.75, 3.05) is 23.3 Å². The molecule has 3 aromatic carbocycles. The van der Waals surface area contributed by atoms with Crippen LogP contribution in [0, 0.1) is 6.92 Å². The van der Waals surface area contributed by atoms with E-state index >= 15 is 0 Å². The summed E-state index contributed by atoms with van der Waals surface area (Å²) in [6.07, 6.45) is -4.58. The molecule has 0 heterocycles. The Morgan fingerprint density at radius 1 is 1.00 bits per heavy atom. The predicted octanol–water partition coefficient (Wildman–Crippen LogP) is 4.86. The number of rotatable bonds is 7. The van der Waals surface area contributed by atoms with Gasteiger partial charge in [-0.05, 0) is 49.4 Å². The van der Waals surface area contributed by atoms with Crippen molar-refractivity contribution < 1.29 is 31.1 Å². The molecule has 0 radical (unpaired) electrons. The summed E-state index contributed by atoms with van der Waals surface area (Å²) >= 11 is 0. The highest BCUT2D eigenvalue weighted by molar-refractivity contribution is 7.92. The second-order valence-electron chi connectivity index (χ2n) is 7.15. The fourth-order valence-corrected chi connectivity index (χ4v) is 4.44. The van der Waals surface area contributed by atoms with Gasteiger partial charge in [-0.25, -0.2) is 8.42 Å². The number of benzene rings is 3. The molecule has 0 atom stereocenters. The van der Waals surface area contributed by atoms with Gasteiger partial charge in [-0.2, -0.15) is 13.2 Å². The summed E-state index contributed by atoms with van der Waals surface area (Å²) in [6.45, 7) is 1.14. The van der Waals surface area contributed by atoms with E-state index in [1.54, 1.807) is 31.2 Å². The summed E-state index contributed by atoms with van der Waals surface area (Å²) in [4.78, 5) is 12.7. The molecule has 1 N–H and O–H groups in total. The fourth-order valence-electron chi connectivity index (χ4n) is 3.02. The molecule has 6 nitrogen and oxygen atoms in total. The van der Waals surface area contributed by atoms with E-state index in [9.17, 15) is 26.4 Å². The van der Waals surface area contributed by atoms with E-state index in [1.165, 1.54) is 37.4 Å². The molecule has 0 saturated carbocycles. The smallest absolute Gasteiger partial charge is 0.416 e. The Labute approximate surface area is 189 Å². The number of hydrogen-bond donors (Lipinski definition) is 1. The quantitative estimate of drug-likeness (QED) is 0.527.